The van der Waals surface area contributed by atoms with Gasteiger partial charge < -0.3 is 10.4 Å². The van der Waals surface area contributed by atoms with Crippen LogP contribution in [0.2, 0.25) is 0 Å². The second-order valence-electron chi connectivity index (χ2n) is 4.96. The van der Waals surface area contributed by atoms with Gasteiger partial charge in [0.25, 0.3) is 0 Å². The summed E-state index contributed by atoms with van der Waals surface area (Å²) < 4.78 is 13.1. The molecule has 17 heavy (non-hydrogen) atoms. The molecule has 1 aliphatic rings. The third-order valence-corrected chi connectivity index (χ3v) is 3.59. The number of rotatable bonds is 3. The van der Waals surface area contributed by atoms with Gasteiger partial charge in [0.1, 0.15) is 5.82 Å². The summed E-state index contributed by atoms with van der Waals surface area (Å²) in [5.74, 6) is -0.175. The molecule has 0 atom stereocenters. The fourth-order valence-corrected chi connectivity index (χ4v) is 2.36. The topological polar surface area (TPSA) is 32.3 Å². The van der Waals surface area contributed by atoms with Crippen molar-refractivity contribution in [1.29, 1.82) is 0 Å². The Kier molecular flexibility index (Phi) is 4.13. The van der Waals surface area contributed by atoms with Crippen molar-refractivity contribution in [3.63, 3.8) is 0 Å². The summed E-state index contributed by atoms with van der Waals surface area (Å²) in [6, 6.07) is 5.37. The number of aliphatic hydroxyl groups is 1. The van der Waals surface area contributed by atoms with Crippen LogP contribution in [0.1, 0.15) is 36.8 Å². The van der Waals surface area contributed by atoms with Gasteiger partial charge in [0, 0.05) is 12.6 Å². The molecule has 2 N–H and O–H groups in total. The van der Waals surface area contributed by atoms with Crippen molar-refractivity contribution in [3.8, 4) is 0 Å². The average molecular weight is 237 g/mol. The first-order valence-electron chi connectivity index (χ1n) is 6.31. The molecule has 0 spiro atoms. The molecule has 0 unspecified atom stereocenters. The highest BCUT2D eigenvalue weighted by Gasteiger charge is 2.18. The van der Waals surface area contributed by atoms with Crippen molar-refractivity contribution in [3.05, 3.63) is 35.1 Å². The smallest absolute Gasteiger partial charge is 0.123 e. The number of hydrogen-bond donors (Lipinski definition) is 2. The van der Waals surface area contributed by atoms with Crippen molar-refractivity contribution < 1.29 is 9.50 Å². The van der Waals surface area contributed by atoms with Crippen LogP contribution in [0, 0.1) is 12.7 Å². The SMILES string of the molecule is Cc1ccc(F)cc1CNC1CCC(O)CC1. The van der Waals surface area contributed by atoms with Gasteiger partial charge in [-0.3, -0.25) is 0 Å². The lowest BCUT2D eigenvalue weighted by molar-refractivity contribution is 0.116. The molecule has 1 fully saturated rings. The van der Waals surface area contributed by atoms with Crippen molar-refractivity contribution >= 4 is 0 Å². The molecule has 1 aliphatic carbocycles. The normalized spacial score (nSPS) is 24.9. The Labute approximate surface area is 102 Å². The molecule has 0 aromatic heterocycles. The van der Waals surface area contributed by atoms with E-state index in [-0.39, 0.29) is 11.9 Å². The highest BCUT2D eigenvalue weighted by atomic mass is 19.1. The molecule has 1 aromatic carbocycles. The number of aryl methyl sites for hydroxylation is 1. The maximum atomic E-state index is 13.1. The van der Waals surface area contributed by atoms with Gasteiger partial charge in [-0.15, -0.1) is 0 Å². The predicted molar refractivity (Wildman–Crippen MR) is 66.2 cm³/mol. The number of halogens is 1. The first-order chi connectivity index (χ1) is 8.15. The van der Waals surface area contributed by atoms with Crippen LogP contribution in [-0.4, -0.2) is 17.3 Å². The maximum Gasteiger partial charge on any atom is 0.123 e. The minimum atomic E-state index is -0.175. The van der Waals surface area contributed by atoms with E-state index in [1.54, 1.807) is 6.07 Å². The molecule has 94 valence electrons. The van der Waals surface area contributed by atoms with E-state index >= 15 is 0 Å². The predicted octanol–water partition coefficient (Wildman–Crippen LogP) is 2.53. The molecular formula is C14H20FNO. The van der Waals surface area contributed by atoms with Gasteiger partial charge >= 0.3 is 0 Å². The molecule has 0 bridgehead atoms. The lowest BCUT2D eigenvalue weighted by Crippen LogP contribution is -2.34. The van der Waals surface area contributed by atoms with Gasteiger partial charge in [-0.1, -0.05) is 6.07 Å². The van der Waals surface area contributed by atoms with Crippen LogP contribution in [0.5, 0.6) is 0 Å². The Bertz CT molecular complexity index is 372. The lowest BCUT2D eigenvalue weighted by atomic mass is 9.93. The second-order valence-corrected chi connectivity index (χ2v) is 4.96. The van der Waals surface area contributed by atoms with Gasteiger partial charge in [0.05, 0.1) is 6.10 Å². The van der Waals surface area contributed by atoms with Gasteiger partial charge in [-0.25, -0.2) is 4.39 Å². The van der Waals surface area contributed by atoms with E-state index in [4.69, 9.17) is 0 Å². The first kappa shape index (κ1) is 12.5. The number of benzene rings is 1. The van der Waals surface area contributed by atoms with Crippen molar-refractivity contribution in [2.24, 2.45) is 0 Å². The lowest BCUT2D eigenvalue weighted by Gasteiger charge is -2.26. The van der Waals surface area contributed by atoms with Gasteiger partial charge in [-0.05, 0) is 55.9 Å². The van der Waals surface area contributed by atoms with Crippen LogP contribution >= 0.6 is 0 Å². The van der Waals surface area contributed by atoms with Crippen LogP contribution in [0.3, 0.4) is 0 Å². The third-order valence-electron chi connectivity index (χ3n) is 3.59. The molecule has 0 heterocycles. The zero-order chi connectivity index (χ0) is 12.3. The van der Waals surface area contributed by atoms with Crippen LogP contribution in [0.15, 0.2) is 18.2 Å². The van der Waals surface area contributed by atoms with Crippen LogP contribution < -0.4 is 5.32 Å². The quantitative estimate of drug-likeness (QED) is 0.846. The molecular weight excluding hydrogens is 217 g/mol. The summed E-state index contributed by atoms with van der Waals surface area (Å²) in [7, 11) is 0. The number of nitrogens with one attached hydrogen (secondary N) is 1. The maximum absolute atomic E-state index is 13.1. The third kappa shape index (κ3) is 3.51. The van der Waals surface area contributed by atoms with Crippen molar-refractivity contribution in [2.45, 2.75) is 51.3 Å². The summed E-state index contributed by atoms with van der Waals surface area (Å²) in [5, 5.41) is 12.9. The summed E-state index contributed by atoms with van der Waals surface area (Å²) in [6.45, 7) is 2.71. The van der Waals surface area contributed by atoms with Crippen LogP contribution in [0.25, 0.3) is 0 Å². The first-order valence-corrected chi connectivity index (χ1v) is 6.31. The largest absolute Gasteiger partial charge is 0.393 e. The fourth-order valence-electron chi connectivity index (χ4n) is 2.36. The second kappa shape index (κ2) is 5.61. The Morgan fingerprint density at radius 1 is 1.29 bits per heavy atom. The zero-order valence-electron chi connectivity index (χ0n) is 10.2. The minimum absolute atomic E-state index is 0.121. The Balaban J connectivity index is 1.87. The summed E-state index contributed by atoms with van der Waals surface area (Å²) in [6.07, 6.45) is 3.65. The monoisotopic (exact) mass is 237 g/mol. The Morgan fingerprint density at radius 3 is 2.71 bits per heavy atom. The molecule has 0 saturated heterocycles. The highest BCUT2D eigenvalue weighted by molar-refractivity contribution is 5.26. The molecule has 1 aromatic rings. The summed E-state index contributed by atoms with van der Waals surface area (Å²) in [4.78, 5) is 0. The molecule has 0 amide bonds. The van der Waals surface area contributed by atoms with E-state index in [1.807, 2.05) is 13.0 Å². The fraction of sp³-hybridized carbons (Fsp3) is 0.571. The van der Waals surface area contributed by atoms with Gasteiger partial charge in [-0.2, -0.15) is 0 Å². The van der Waals surface area contributed by atoms with Gasteiger partial charge in [0.2, 0.25) is 0 Å². The number of aliphatic hydroxyl groups excluding tert-OH is 1. The van der Waals surface area contributed by atoms with Crippen molar-refractivity contribution in [2.75, 3.05) is 0 Å². The Hall–Kier alpha value is -0.930. The van der Waals surface area contributed by atoms with E-state index in [1.165, 1.54) is 6.07 Å². The van der Waals surface area contributed by atoms with E-state index < -0.39 is 0 Å². The molecule has 2 nitrogen and oxygen atoms in total. The zero-order valence-corrected chi connectivity index (χ0v) is 10.2. The molecule has 0 radical (unpaired) electrons. The molecule has 3 heteroatoms. The number of hydrogen-bond acceptors (Lipinski definition) is 2. The van der Waals surface area contributed by atoms with Crippen molar-refractivity contribution in [1.82, 2.24) is 5.32 Å². The molecule has 0 aliphatic heterocycles. The molecule has 2 rings (SSSR count). The molecule has 1 saturated carbocycles. The van der Waals surface area contributed by atoms with Gasteiger partial charge in [0.15, 0.2) is 0 Å². The highest BCUT2D eigenvalue weighted by Crippen LogP contribution is 2.19. The average Bonchev–Trinajstić information content (AvgIpc) is 2.32. The summed E-state index contributed by atoms with van der Waals surface area (Å²) >= 11 is 0. The van der Waals surface area contributed by atoms with E-state index in [9.17, 15) is 9.50 Å². The van der Waals surface area contributed by atoms with E-state index in [2.05, 4.69) is 5.32 Å². The standard InChI is InChI=1S/C14H20FNO/c1-10-2-3-12(15)8-11(10)9-16-13-4-6-14(17)7-5-13/h2-3,8,13-14,16-17H,4-7,9H2,1H3. The van der Waals surface area contributed by atoms with E-state index in [0.29, 0.717) is 12.6 Å². The summed E-state index contributed by atoms with van der Waals surface area (Å²) in [5.41, 5.74) is 2.14. The van der Waals surface area contributed by atoms with E-state index in [0.717, 1.165) is 36.8 Å². The minimum Gasteiger partial charge on any atom is -0.393 e. The Morgan fingerprint density at radius 2 is 2.00 bits per heavy atom. The van der Waals surface area contributed by atoms with Crippen LogP contribution in [0.4, 0.5) is 4.39 Å². The van der Waals surface area contributed by atoms with Crippen LogP contribution in [-0.2, 0) is 6.54 Å².